The number of nitrogen functional groups attached to an aromatic ring is 1. The number of hydrogen-bond acceptors (Lipinski definition) is 8. The van der Waals surface area contributed by atoms with Crippen LogP contribution in [-0.4, -0.2) is 35.2 Å². The second-order valence-electron chi connectivity index (χ2n) is 5.23. The van der Waals surface area contributed by atoms with Crippen LogP contribution in [0.1, 0.15) is 11.8 Å². The lowest BCUT2D eigenvalue weighted by Crippen LogP contribution is -2.29. The normalized spacial score (nSPS) is 19.5. The van der Waals surface area contributed by atoms with E-state index in [1.54, 1.807) is 0 Å². The van der Waals surface area contributed by atoms with Crippen LogP contribution < -0.4 is 11.4 Å². The summed E-state index contributed by atoms with van der Waals surface area (Å²) in [6.07, 6.45) is -0.810. The maximum atomic E-state index is 11.8. The van der Waals surface area contributed by atoms with Crippen molar-refractivity contribution in [2.75, 3.05) is 18.9 Å². The number of rotatable bonds is 5. The Morgan fingerprint density at radius 2 is 2.08 bits per heavy atom. The summed E-state index contributed by atoms with van der Waals surface area (Å²) in [5.41, 5.74) is 5.74. The fraction of sp³-hybridized carbons (Fsp3) is 0.312. The average molecular weight is 347 g/mol. The van der Waals surface area contributed by atoms with Crippen molar-refractivity contribution >= 4 is 12.0 Å². The third kappa shape index (κ3) is 4.55. The second-order valence-corrected chi connectivity index (χ2v) is 5.23. The van der Waals surface area contributed by atoms with Crippen LogP contribution in [0.2, 0.25) is 0 Å². The zero-order valence-electron chi connectivity index (χ0n) is 13.2. The molecule has 9 nitrogen and oxygen atoms in total. The number of aromatic nitrogens is 2. The van der Waals surface area contributed by atoms with Crippen molar-refractivity contribution in [3.63, 3.8) is 0 Å². The van der Waals surface area contributed by atoms with Gasteiger partial charge in [-0.05, 0) is 11.6 Å². The van der Waals surface area contributed by atoms with Crippen molar-refractivity contribution in [3.8, 4) is 0 Å². The van der Waals surface area contributed by atoms with E-state index in [2.05, 4.69) is 4.98 Å². The minimum atomic E-state index is -0.828. The zero-order valence-corrected chi connectivity index (χ0v) is 13.2. The lowest BCUT2D eigenvalue weighted by Gasteiger charge is -2.13. The first-order chi connectivity index (χ1) is 12.1. The minimum Gasteiger partial charge on any atom is -0.429 e. The topological polar surface area (TPSA) is 115 Å². The quantitative estimate of drug-likeness (QED) is 0.798. The Morgan fingerprint density at radius 3 is 2.84 bits per heavy atom. The zero-order chi connectivity index (χ0) is 17.6. The van der Waals surface area contributed by atoms with Gasteiger partial charge < -0.3 is 24.7 Å². The molecule has 1 saturated heterocycles. The standard InChI is InChI=1S/C16H17N3O6/c17-12-6-7-19(15(20)18-12)13-9-22-14(25-13)10-24-16(21)23-8-11-4-2-1-3-5-11/h1-7,13-14H,8-10H2,(H2,17,18,20). The molecule has 3 rings (SSSR count). The number of nitrogens with zero attached hydrogens (tertiary/aromatic N) is 2. The predicted octanol–water partition coefficient (Wildman–Crippen LogP) is 1.05. The molecule has 9 heteroatoms. The maximum absolute atomic E-state index is 11.8. The highest BCUT2D eigenvalue weighted by Crippen LogP contribution is 2.19. The Bertz CT molecular complexity index is 779. The summed E-state index contributed by atoms with van der Waals surface area (Å²) >= 11 is 0. The highest BCUT2D eigenvalue weighted by molar-refractivity contribution is 5.59. The molecule has 25 heavy (non-hydrogen) atoms. The van der Waals surface area contributed by atoms with E-state index in [1.165, 1.54) is 16.8 Å². The third-order valence-electron chi connectivity index (χ3n) is 3.43. The summed E-state index contributed by atoms with van der Waals surface area (Å²) in [6.45, 7) is 0.0844. The third-order valence-corrected chi connectivity index (χ3v) is 3.43. The van der Waals surface area contributed by atoms with E-state index in [0.29, 0.717) is 0 Å². The van der Waals surface area contributed by atoms with Crippen molar-refractivity contribution in [1.29, 1.82) is 0 Å². The molecule has 2 aromatic rings. The molecule has 0 saturated carbocycles. The predicted molar refractivity (Wildman–Crippen MR) is 85.4 cm³/mol. The first-order valence-electron chi connectivity index (χ1n) is 7.57. The molecule has 0 radical (unpaired) electrons. The number of hydrogen-bond donors (Lipinski definition) is 1. The molecule has 1 fully saturated rings. The summed E-state index contributed by atoms with van der Waals surface area (Å²) in [6, 6.07) is 10.7. The van der Waals surface area contributed by atoms with Crippen LogP contribution in [0.25, 0.3) is 0 Å². The molecule has 0 aliphatic carbocycles. The number of carbonyl (C=O) groups excluding carboxylic acids is 1. The van der Waals surface area contributed by atoms with Gasteiger partial charge in [0.25, 0.3) is 0 Å². The highest BCUT2D eigenvalue weighted by Gasteiger charge is 2.29. The van der Waals surface area contributed by atoms with Crippen LogP contribution in [0, 0.1) is 0 Å². The van der Waals surface area contributed by atoms with E-state index in [1.807, 2.05) is 30.3 Å². The lowest BCUT2D eigenvalue weighted by atomic mass is 10.2. The van der Waals surface area contributed by atoms with Gasteiger partial charge in [-0.2, -0.15) is 4.98 Å². The van der Waals surface area contributed by atoms with Crippen molar-refractivity contribution in [1.82, 2.24) is 9.55 Å². The molecule has 0 amide bonds. The first-order valence-corrected chi connectivity index (χ1v) is 7.57. The van der Waals surface area contributed by atoms with E-state index in [-0.39, 0.29) is 25.6 Å². The van der Waals surface area contributed by atoms with Gasteiger partial charge in [-0.1, -0.05) is 30.3 Å². The van der Waals surface area contributed by atoms with Crippen molar-refractivity contribution in [2.24, 2.45) is 0 Å². The Hall–Kier alpha value is -2.91. The largest absolute Gasteiger partial charge is 0.508 e. The fourth-order valence-corrected chi connectivity index (χ4v) is 2.22. The van der Waals surface area contributed by atoms with E-state index in [4.69, 9.17) is 24.7 Å². The molecule has 2 unspecified atom stereocenters. The molecule has 2 heterocycles. The van der Waals surface area contributed by atoms with Crippen LogP contribution in [0.3, 0.4) is 0 Å². The van der Waals surface area contributed by atoms with Crippen molar-refractivity contribution in [3.05, 3.63) is 58.6 Å². The van der Waals surface area contributed by atoms with Crippen LogP contribution in [-0.2, 0) is 25.6 Å². The molecule has 0 bridgehead atoms. The van der Waals surface area contributed by atoms with Crippen molar-refractivity contribution < 1.29 is 23.7 Å². The number of ether oxygens (including phenoxy) is 4. The van der Waals surface area contributed by atoms with Crippen LogP contribution in [0.5, 0.6) is 0 Å². The van der Waals surface area contributed by atoms with Gasteiger partial charge in [-0.3, -0.25) is 4.57 Å². The van der Waals surface area contributed by atoms with Gasteiger partial charge in [0.2, 0.25) is 0 Å². The number of nitrogens with two attached hydrogens (primary N) is 1. The molecule has 132 valence electrons. The fourth-order valence-electron chi connectivity index (χ4n) is 2.22. The van der Waals surface area contributed by atoms with E-state index >= 15 is 0 Å². The van der Waals surface area contributed by atoms with Crippen LogP contribution in [0.4, 0.5) is 10.6 Å². The summed E-state index contributed by atoms with van der Waals surface area (Å²) in [5, 5.41) is 0. The summed E-state index contributed by atoms with van der Waals surface area (Å²) in [4.78, 5) is 26.9. The Morgan fingerprint density at radius 1 is 1.28 bits per heavy atom. The molecular formula is C16H17N3O6. The number of carbonyl (C=O) groups is 1. The SMILES string of the molecule is Nc1ccn(C2COC(COC(=O)OCc3ccccc3)O2)c(=O)n1. The number of anilines is 1. The Kier molecular flexibility index (Phi) is 5.26. The lowest BCUT2D eigenvalue weighted by molar-refractivity contribution is -0.108. The van der Waals surface area contributed by atoms with E-state index in [9.17, 15) is 9.59 Å². The molecular weight excluding hydrogens is 330 g/mol. The smallest absolute Gasteiger partial charge is 0.429 e. The maximum Gasteiger partial charge on any atom is 0.508 e. The van der Waals surface area contributed by atoms with Gasteiger partial charge in [-0.15, -0.1) is 0 Å². The Balaban J connectivity index is 1.44. The van der Waals surface area contributed by atoms with Gasteiger partial charge >= 0.3 is 11.8 Å². The first kappa shape index (κ1) is 16.9. The summed E-state index contributed by atoms with van der Waals surface area (Å²) in [5.74, 6) is 0.126. The molecule has 1 aromatic heterocycles. The highest BCUT2D eigenvalue weighted by atomic mass is 16.8. The van der Waals surface area contributed by atoms with Crippen LogP contribution in [0.15, 0.2) is 47.4 Å². The van der Waals surface area contributed by atoms with E-state index in [0.717, 1.165) is 5.56 Å². The van der Waals surface area contributed by atoms with E-state index < -0.39 is 24.4 Å². The molecule has 2 atom stereocenters. The monoisotopic (exact) mass is 347 g/mol. The second kappa shape index (κ2) is 7.77. The summed E-state index contributed by atoms with van der Waals surface area (Å²) in [7, 11) is 0. The molecule has 1 aliphatic rings. The van der Waals surface area contributed by atoms with Gasteiger partial charge in [0.1, 0.15) is 19.0 Å². The Labute approximate surface area is 142 Å². The molecule has 1 aliphatic heterocycles. The molecule has 2 N–H and O–H groups in total. The summed E-state index contributed by atoms with van der Waals surface area (Å²) < 4.78 is 22.0. The molecule has 0 spiro atoms. The van der Waals surface area contributed by atoms with Gasteiger partial charge in [0, 0.05) is 6.20 Å². The van der Waals surface area contributed by atoms with Gasteiger partial charge in [0.05, 0.1) is 6.61 Å². The van der Waals surface area contributed by atoms with Crippen molar-refractivity contribution in [2.45, 2.75) is 19.1 Å². The number of benzene rings is 1. The minimum absolute atomic E-state index is 0.112. The molecule has 1 aromatic carbocycles. The van der Waals surface area contributed by atoms with Gasteiger partial charge in [-0.25, -0.2) is 9.59 Å². The van der Waals surface area contributed by atoms with Crippen LogP contribution >= 0.6 is 0 Å². The van der Waals surface area contributed by atoms with Gasteiger partial charge in [0.15, 0.2) is 12.5 Å². The average Bonchev–Trinajstić information content (AvgIpc) is 3.08.